The van der Waals surface area contributed by atoms with Crippen molar-refractivity contribution in [2.45, 2.75) is 19.4 Å². The number of methoxy groups -OCH3 is 1. The number of hydrogen-bond acceptors (Lipinski definition) is 5. The normalized spacial score (nSPS) is 20.2. The Kier molecular flexibility index (Phi) is 4.70. The van der Waals surface area contributed by atoms with E-state index in [0.29, 0.717) is 18.4 Å². The summed E-state index contributed by atoms with van der Waals surface area (Å²) in [5.41, 5.74) is 0.763. The average Bonchev–Trinajstić information content (AvgIpc) is 2.40. The van der Waals surface area contributed by atoms with Crippen LogP contribution in [0.25, 0.3) is 0 Å². The van der Waals surface area contributed by atoms with E-state index < -0.39 is 0 Å². The topological polar surface area (TPSA) is 56.3 Å². The van der Waals surface area contributed by atoms with E-state index in [1.54, 1.807) is 19.5 Å². The maximum atomic E-state index is 5.68. The molecule has 0 spiro atoms. The summed E-state index contributed by atoms with van der Waals surface area (Å²) in [7, 11) is 1.60. The zero-order valence-electron chi connectivity index (χ0n) is 10.2. The molecule has 0 radical (unpaired) electrons. The minimum atomic E-state index is 0.466. The minimum absolute atomic E-state index is 0.466. The molecule has 1 N–H and O–H groups in total. The summed E-state index contributed by atoms with van der Waals surface area (Å²) in [6.07, 6.45) is 5.75. The Morgan fingerprint density at radius 1 is 1.41 bits per heavy atom. The molecule has 1 fully saturated rings. The largest absolute Gasteiger partial charge is 0.480 e. The standard InChI is InChI=1S/C12H19N3O2/c1-16-12-11(14-5-6-15-12)9-17-8-10-3-2-4-13-7-10/h5-6,10,13H,2-4,7-9H2,1H3. The van der Waals surface area contributed by atoms with Gasteiger partial charge in [0, 0.05) is 18.9 Å². The minimum Gasteiger partial charge on any atom is -0.480 e. The van der Waals surface area contributed by atoms with Crippen LogP contribution in [0.4, 0.5) is 0 Å². The SMILES string of the molecule is COc1nccnc1COCC1CCCNC1. The summed E-state index contributed by atoms with van der Waals surface area (Å²) in [5, 5.41) is 3.37. The number of ether oxygens (including phenoxy) is 2. The van der Waals surface area contributed by atoms with Crippen molar-refractivity contribution in [3.63, 3.8) is 0 Å². The molecule has 1 aliphatic rings. The zero-order chi connectivity index (χ0) is 11.9. The van der Waals surface area contributed by atoms with Crippen LogP contribution in [0.2, 0.25) is 0 Å². The molecule has 0 aliphatic carbocycles. The van der Waals surface area contributed by atoms with Gasteiger partial charge in [-0.1, -0.05) is 0 Å². The van der Waals surface area contributed by atoms with E-state index in [-0.39, 0.29) is 0 Å². The van der Waals surface area contributed by atoms with Crippen LogP contribution < -0.4 is 10.1 Å². The molecule has 1 atom stereocenters. The van der Waals surface area contributed by atoms with Gasteiger partial charge in [-0.2, -0.15) is 0 Å². The Morgan fingerprint density at radius 2 is 2.29 bits per heavy atom. The van der Waals surface area contributed by atoms with Gasteiger partial charge in [0.2, 0.25) is 5.88 Å². The Balaban J connectivity index is 1.77. The molecule has 1 unspecified atom stereocenters. The van der Waals surface area contributed by atoms with E-state index >= 15 is 0 Å². The lowest BCUT2D eigenvalue weighted by atomic mass is 10.0. The van der Waals surface area contributed by atoms with E-state index in [0.717, 1.165) is 25.4 Å². The van der Waals surface area contributed by atoms with E-state index in [1.807, 2.05) is 0 Å². The number of hydrogen-bond donors (Lipinski definition) is 1. The summed E-state index contributed by atoms with van der Waals surface area (Å²) in [6, 6.07) is 0. The third kappa shape index (κ3) is 3.64. The van der Waals surface area contributed by atoms with Gasteiger partial charge < -0.3 is 14.8 Å². The van der Waals surface area contributed by atoms with Gasteiger partial charge in [-0.05, 0) is 25.3 Å². The maximum Gasteiger partial charge on any atom is 0.237 e. The predicted molar refractivity (Wildman–Crippen MR) is 63.8 cm³/mol. The highest BCUT2D eigenvalue weighted by atomic mass is 16.5. The van der Waals surface area contributed by atoms with Crippen LogP contribution in [-0.2, 0) is 11.3 Å². The summed E-state index contributed by atoms with van der Waals surface area (Å²) >= 11 is 0. The van der Waals surface area contributed by atoms with Crippen LogP contribution in [0.5, 0.6) is 5.88 Å². The Bertz CT molecular complexity index is 340. The molecule has 94 valence electrons. The van der Waals surface area contributed by atoms with Crippen LogP contribution >= 0.6 is 0 Å². The highest BCUT2D eigenvalue weighted by Gasteiger charge is 2.13. The highest BCUT2D eigenvalue weighted by molar-refractivity contribution is 5.15. The fraction of sp³-hybridized carbons (Fsp3) is 0.667. The van der Waals surface area contributed by atoms with Crippen molar-refractivity contribution in [2.24, 2.45) is 5.92 Å². The second-order valence-electron chi connectivity index (χ2n) is 4.24. The average molecular weight is 237 g/mol. The Morgan fingerprint density at radius 3 is 3.06 bits per heavy atom. The van der Waals surface area contributed by atoms with Crippen LogP contribution in [0, 0.1) is 5.92 Å². The maximum absolute atomic E-state index is 5.68. The zero-order valence-corrected chi connectivity index (χ0v) is 10.2. The fourth-order valence-corrected chi connectivity index (χ4v) is 2.01. The van der Waals surface area contributed by atoms with Crippen molar-refractivity contribution < 1.29 is 9.47 Å². The first-order valence-corrected chi connectivity index (χ1v) is 6.02. The van der Waals surface area contributed by atoms with Crippen molar-refractivity contribution >= 4 is 0 Å². The molecule has 1 aromatic heterocycles. The molecule has 5 heteroatoms. The van der Waals surface area contributed by atoms with Crippen LogP contribution in [-0.4, -0.2) is 36.8 Å². The van der Waals surface area contributed by atoms with Gasteiger partial charge >= 0.3 is 0 Å². The first-order chi connectivity index (χ1) is 8.40. The molecule has 2 rings (SSSR count). The predicted octanol–water partition coefficient (Wildman–Crippen LogP) is 1.00. The molecule has 1 aromatic rings. The molecular weight excluding hydrogens is 218 g/mol. The smallest absolute Gasteiger partial charge is 0.237 e. The quantitative estimate of drug-likeness (QED) is 0.828. The van der Waals surface area contributed by atoms with Gasteiger partial charge in [0.15, 0.2) is 0 Å². The van der Waals surface area contributed by atoms with Crippen LogP contribution in [0.1, 0.15) is 18.5 Å². The molecule has 17 heavy (non-hydrogen) atoms. The Hall–Kier alpha value is -1.20. The molecule has 5 nitrogen and oxygen atoms in total. The summed E-state index contributed by atoms with van der Waals surface area (Å²) in [4.78, 5) is 8.29. The van der Waals surface area contributed by atoms with Gasteiger partial charge in [-0.15, -0.1) is 0 Å². The first kappa shape index (κ1) is 12.3. The van der Waals surface area contributed by atoms with Crippen molar-refractivity contribution in [2.75, 3.05) is 26.8 Å². The molecule has 2 heterocycles. The number of nitrogens with one attached hydrogen (secondary N) is 1. The third-order valence-electron chi connectivity index (χ3n) is 2.92. The fourth-order valence-electron chi connectivity index (χ4n) is 2.01. The van der Waals surface area contributed by atoms with Crippen molar-refractivity contribution in [3.05, 3.63) is 18.1 Å². The second-order valence-corrected chi connectivity index (χ2v) is 4.24. The number of piperidine rings is 1. The lowest BCUT2D eigenvalue weighted by Gasteiger charge is -2.22. The van der Waals surface area contributed by atoms with Crippen LogP contribution in [0.3, 0.4) is 0 Å². The highest BCUT2D eigenvalue weighted by Crippen LogP contribution is 2.14. The van der Waals surface area contributed by atoms with Crippen molar-refractivity contribution in [1.82, 2.24) is 15.3 Å². The van der Waals surface area contributed by atoms with E-state index in [4.69, 9.17) is 9.47 Å². The number of aromatic nitrogens is 2. The summed E-state index contributed by atoms with van der Waals surface area (Å²) in [6.45, 7) is 3.42. The molecule has 1 aliphatic heterocycles. The lowest BCUT2D eigenvalue weighted by Crippen LogP contribution is -2.32. The number of rotatable bonds is 5. The van der Waals surface area contributed by atoms with Gasteiger partial charge in [0.25, 0.3) is 0 Å². The second kappa shape index (κ2) is 6.51. The molecule has 0 saturated carbocycles. The first-order valence-electron chi connectivity index (χ1n) is 6.02. The molecule has 1 saturated heterocycles. The Labute approximate surface area is 102 Å². The van der Waals surface area contributed by atoms with Gasteiger partial charge in [-0.3, -0.25) is 4.98 Å². The van der Waals surface area contributed by atoms with E-state index in [1.165, 1.54) is 12.8 Å². The van der Waals surface area contributed by atoms with Crippen molar-refractivity contribution in [1.29, 1.82) is 0 Å². The molecule has 0 amide bonds. The number of nitrogens with zero attached hydrogens (tertiary/aromatic N) is 2. The van der Waals surface area contributed by atoms with Gasteiger partial charge in [-0.25, -0.2) is 4.98 Å². The van der Waals surface area contributed by atoms with Gasteiger partial charge in [0.05, 0.1) is 20.3 Å². The van der Waals surface area contributed by atoms with E-state index in [2.05, 4.69) is 15.3 Å². The molecule has 0 aromatic carbocycles. The third-order valence-corrected chi connectivity index (χ3v) is 2.92. The summed E-state index contributed by atoms with van der Waals surface area (Å²) in [5.74, 6) is 1.17. The summed E-state index contributed by atoms with van der Waals surface area (Å²) < 4.78 is 10.8. The van der Waals surface area contributed by atoms with E-state index in [9.17, 15) is 0 Å². The molecule has 0 bridgehead atoms. The lowest BCUT2D eigenvalue weighted by molar-refractivity contribution is 0.0746. The van der Waals surface area contributed by atoms with Crippen LogP contribution in [0.15, 0.2) is 12.4 Å². The van der Waals surface area contributed by atoms with Crippen molar-refractivity contribution in [3.8, 4) is 5.88 Å². The monoisotopic (exact) mass is 237 g/mol. The molecular formula is C12H19N3O2. The van der Waals surface area contributed by atoms with Gasteiger partial charge in [0.1, 0.15) is 5.69 Å².